The fourth-order valence-electron chi connectivity index (χ4n) is 1.18. The van der Waals surface area contributed by atoms with Gasteiger partial charge in [0.1, 0.15) is 0 Å². The van der Waals surface area contributed by atoms with Crippen molar-refractivity contribution in [2.45, 2.75) is 0 Å². The van der Waals surface area contributed by atoms with Crippen LogP contribution in [0.15, 0.2) is 54.6 Å². The monoisotopic (exact) mass is 306 g/mol. The summed E-state index contributed by atoms with van der Waals surface area (Å²) in [5.41, 5.74) is 0.718. The standard InChI is InChI=1S/C13H9IN/c1-15-13-9-7-12(8-10-13)14-11-5-3-2-4-6-11/h2-10H/q-1. The molecule has 0 spiro atoms. The van der Waals surface area contributed by atoms with Crippen molar-refractivity contribution in [2.24, 2.45) is 0 Å². The molecule has 0 aliphatic rings. The molecule has 0 aromatic heterocycles. The fourth-order valence-corrected chi connectivity index (χ4v) is 3.40. The molecule has 0 amide bonds. The van der Waals surface area contributed by atoms with Gasteiger partial charge in [-0.05, 0) is 0 Å². The van der Waals surface area contributed by atoms with Gasteiger partial charge in [0, 0.05) is 0 Å². The molecule has 0 fully saturated rings. The third-order valence-electron chi connectivity index (χ3n) is 1.91. The Balaban J connectivity index is 2.16. The molecule has 2 aromatic carbocycles. The van der Waals surface area contributed by atoms with Crippen molar-refractivity contribution in [3.05, 3.63) is 73.2 Å². The van der Waals surface area contributed by atoms with Crippen LogP contribution in [0.2, 0.25) is 0 Å². The normalized spacial score (nSPS) is 9.80. The molecule has 2 aromatic rings. The Bertz CT molecular complexity index is 468. The Kier molecular flexibility index (Phi) is 3.36. The van der Waals surface area contributed by atoms with Crippen molar-refractivity contribution < 1.29 is 21.2 Å². The van der Waals surface area contributed by atoms with E-state index in [1.54, 1.807) is 0 Å². The van der Waals surface area contributed by atoms with Gasteiger partial charge in [-0.3, -0.25) is 0 Å². The van der Waals surface area contributed by atoms with Crippen LogP contribution in [-0.4, -0.2) is 0 Å². The summed E-state index contributed by atoms with van der Waals surface area (Å²) in [4.78, 5) is 3.38. The van der Waals surface area contributed by atoms with Gasteiger partial charge >= 0.3 is 100 Å². The second kappa shape index (κ2) is 4.94. The van der Waals surface area contributed by atoms with Gasteiger partial charge in [0.15, 0.2) is 0 Å². The Morgan fingerprint density at radius 1 is 0.800 bits per heavy atom. The second-order valence-corrected chi connectivity index (χ2v) is 6.01. The molecule has 0 aliphatic carbocycles. The molecule has 0 bridgehead atoms. The molecule has 0 aliphatic heterocycles. The molecule has 15 heavy (non-hydrogen) atoms. The van der Waals surface area contributed by atoms with E-state index in [1.807, 2.05) is 18.2 Å². The van der Waals surface area contributed by atoms with E-state index in [-0.39, 0.29) is 21.2 Å². The van der Waals surface area contributed by atoms with E-state index in [0.717, 1.165) is 5.69 Å². The Labute approximate surface area is 99.8 Å². The molecule has 2 rings (SSSR count). The van der Waals surface area contributed by atoms with E-state index < -0.39 is 0 Å². The molecule has 0 radical (unpaired) electrons. The van der Waals surface area contributed by atoms with Crippen LogP contribution in [0.25, 0.3) is 4.85 Å². The molecular formula is C13H9IN-. The Morgan fingerprint density at radius 2 is 1.40 bits per heavy atom. The van der Waals surface area contributed by atoms with Crippen molar-refractivity contribution in [1.29, 1.82) is 0 Å². The van der Waals surface area contributed by atoms with E-state index >= 15 is 0 Å². The van der Waals surface area contributed by atoms with Crippen LogP contribution in [-0.2, 0) is 0 Å². The van der Waals surface area contributed by atoms with Gasteiger partial charge in [0.2, 0.25) is 0 Å². The molecular weight excluding hydrogens is 297 g/mol. The third-order valence-corrected chi connectivity index (χ3v) is 4.59. The van der Waals surface area contributed by atoms with E-state index in [0.29, 0.717) is 0 Å². The SMILES string of the molecule is [C-]#[N+]c1ccc([I-]c2ccccc2)cc1. The van der Waals surface area contributed by atoms with Crippen LogP contribution in [0.3, 0.4) is 0 Å². The quantitative estimate of drug-likeness (QED) is 0.558. The summed E-state index contributed by atoms with van der Waals surface area (Å²) in [7, 11) is 0. The average molecular weight is 306 g/mol. The first-order valence-electron chi connectivity index (χ1n) is 4.56. The average Bonchev–Trinajstić information content (AvgIpc) is 2.31. The minimum absolute atomic E-state index is 0.0923. The molecule has 0 atom stereocenters. The van der Waals surface area contributed by atoms with E-state index in [1.165, 1.54) is 7.14 Å². The summed E-state index contributed by atoms with van der Waals surface area (Å²) in [5, 5.41) is 0. The summed E-state index contributed by atoms with van der Waals surface area (Å²) in [6.07, 6.45) is 0. The number of hydrogen-bond acceptors (Lipinski definition) is 0. The molecule has 0 saturated heterocycles. The van der Waals surface area contributed by atoms with Crippen molar-refractivity contribution in [3.63, 3.8) is 0 Å². The minimum atomic E-state index is -0.0923. The van der Waals surface area contributed by atoms with Crippen LogP contribution < -0.4 is 21.2 Å². The van der Waals surface area contributed by atoms with E-state index in [4.69, 9.17) is 6.57 Å². The molecule has 2 heteroatoms. The van der Waals surface area contributed by atoms with Crippen LogP contribution >= 0.6 is 0 Å². The first-order valence-corrected chi connectivity index (χ1v) is 6.71. The zero-order valence-electron chi connectivity index (χ0n) is 8.02. The fraction of sp³-hybridized carbons (Fsp3) is 0. The van der Waals surface area contributed by atoms with Crippen LogP contribution in [0.4, 0.5) is 5.69 Å². The molecule has 1 nitrogen and oxygen atoms in total. The van der Waals surface area contributed by atoms with Gasteiger partial charge in [0.25, 0.3) is 0 Å². The van der Waals surface area contributed by atoms with Crippen molar-refractivity contribution in [3.8, 4) is 0 Å². The van der Waals surface area contributed by atoms with Crippen LogP contribution in [0.1, 0.15) is 0 Å². The number of benzene rings is 2. The van der Waals surface area contributed by atoms with Gasteiger partial charge in [-0.15, -0.1) is 0 Å². The number of hydrogen-bond donors (Lipinski definition) is 0. The van der Waals surface area contributed by atoms with Gasteiger partial charge < -0.3 is 0 Å². The predicted octanol–water partition coefficient (Wildman–Crippen LogP) is 0.366. The Hall–Kier alpha value is -1.34. The van der Waals surface area contributed by atoms with Gasteiger partial charge in [-0.25, -0.2) is 0 Å². The molecule has 0 unspecified atom stereocenters. The molecule has 0 saturated carbocycles. The van der Waals surface area contributed by atoms with Crippen molar-refractivity contribution in [2.75, 3.05) is 0 Å². The number of rotatable bonds is 2. The maximum atomic E-state index is 6.87. The van der Waals surface area contributed by atoms with Crippen LogP contribution in [0.5, 0.6) is 0 Å². The van der Waals surface area contributed by atoms with Crippen LogP contribution in [0, 0.1) is 13.7 Å². The first kappa shape index (κ1) is 10.2. The van der Waals surface area contributed by atoms with Gasteiger partial charge in [-0.2, -0.15) is 0 Å². The summed E-state index contributed by atoms with van der Waals surface area (Å²) in [5.74, 6) is 0. The van der Waals surface area contributed by atoms with Gasteiger partial charge in [0.05, 0.1) is 0 Å². The molecule has 0 N–H and O–H groups in total. The Morgan fingerprint density at radius 3 is 2.00 bits per heavy atom. The molecule has 74 valence electrons. The second-order valence-electron chi connectivity index (χ2n) is 2.98. The van der Waals surface area contributed by atoms with E-state index in [2.05, 4.69) is 41.2 Å². The topological polar surface area (TPSA) is 4.36 Å². The zero-order chi connectivity index (χ0) is 10.5. The predicted molar refractivity (Wildman–Crippen MR) is 56.5 cm³/mol. The summed E-state index contributed by atoms with van der Waals surface area (Å²) in [6, 6.07) is 18.4. The summed E-state index contributed by atoms with van der Waals surface area (Å²) < 4.78 is 2.76. The van der Waals surface area contributed by atoms with Crippen molar-refractivity contribution >= 4 is 5.69 Å². The summed E-state index contributed by atoms with van der Waals surface area (Å²) in [6.45, 7) is 6.87. The number of nitrogens with zero attached hydrogens (tertiary/aromatic N) is 1. The van der Waals surface area contributed by atoms with Crippen molar-refractivity contribution in [1.82, 2.24) is 0 Å². The molecule has 0 heterocycles. The third kappa shape index (κ3) is 2.80. The number of halogens is 1. The maximum absolute atomic E-state index is 6.87. The van der Waals surface area contributed by atoms with Gasteiger partial charge in [-0.1, -0.05) is 0 Å². The van der Waals surface area contributed by atoms with E-state index in [9.17, 15) is 0 Å². The summed E-state index contributed by atoms with van der Waals surface area (Å²) >= 11 is -0.0923. The zero-order valence-corrected chi connectivity index (χ0v) is 10.2. The first-order chi connectivity index (χ1) is 7.38.